The lowest BCUT2D eigenvalue weighted by Gasteiger charge is -2.32. The van der Waals surface area contributed by atoms with Crippen molar-refractivity contribution >= 4 is 17.4 Å². The number of hydrogen-bond acceptors (Lipinski definition) is 3. The van der Waals surface area contributed by atoms with E-state index in [1.54, 1.807) is 0 Å². The molecule has 2 rings (SSSR count). The van der Waals surface area contributed by atoms with Crippen LogP contribution in [0.25, 0.3) is 0 Å². The number of aromatic nitrogens is 2. The number of nitrogens with zero attached hydrogens (tertiary/aromatic N) is 2. The van der Waals surface area contributed by atoms with Gasteiger partial charge in [0.25, 0.3) is 0 Å². The molecule has 0 saturated heterocycles. The zero-order valence-electron chi connectivity index (χ0n) is 13.0. The Bertz CT molecular complexity index is 454. The van der Waals surface area contributed by atoms with Crippen molar-refractivity contribution in [1.82, 2.24) is 9.97 Å². The van der Waals surface area contributed by atoms with E-state index in [1.807, 2.05) is 6.07 Å². The molecule has 112 valence electrons. The Morgan fingerprint density at radius 3 is 2.60 bits per heavy atom. The van der Waals surface area contributed by atoms with Gasteiger partial charge in [0.05, 0.1) is 0 Å². The molecule has 1 N–H and O–H groups in total. The van der Waals surface area contributed by atoms with Gasteiger partial charge in [0.1, 0.15) is 16.8 Å². The molecule has 4 heteroatoms. The summed E-state index contributed by atoms with van der Waals surface area (Å²) in [7, 11) is 0. The molecular weight excluding hydrogens is 270 g/mol. The summed E-state index contributed by atoms with van der Waals surface area (Å²) in [6.07, 6.45) is 6.43. The second-order valence-corrected chi connectivity index (χ2v) is 7.24. The summed E-state index contributed by atoms with van der Waals surface area (Å²) >= 11 is 6.15. The van der Waals surface area contributed by atoms with Crippen molar-refractivity contribution < 1.29 is 0 Å². The van der Waals surface area contributed by atoms with E-state index in [-0.39, 0.29) is 5.41 Å². The lowest BCUT2D eigenvalue weighted by atomic mass is 9.83. The van der Waals surface area contributed by atoms with Crippen molar-refractivity contribution in [3.63, 3.8) is 0 Å². The van der Waals surface area contributed by atoms with Crippen LogP contribution in [0.3, 0.4) is 0 Å². The van der Waals surface area contributed by atoms with Crippen LogP contribution in [0, 0.1) is 5.92 Å². The zero-order valence-corrected chi connectivity index (χ0v) is 13.8. The van der Waals surface area contributed by atoms with Crippen molar-refractivity contribution in [2.45, 2.75) is 71.3 Å². The Hall–Kier alpha value is -0.830. The van der Waals surface area contributed by atoms with E-state index < -0.39 is 0 Å². The maximum absolute atomic E-state index is 6.15. The van der Waals surface area contributed by atoms with Crippen LogP contribution >= 0.6 is 11.6 Å². The second-order valence-electron chi connectivity index (χ2n) is 6.85. The quantitative estimate of drug-likeness (QED) is 0.813. The summed E-state index contributed by atoms with van der Waals surface area (Å²) in [4.78, 5) is 9.01. The van der Waals surface area contributed by atoms with Crippen LogP contribution in [0.4, 0.5) is 5.82 Å². The number of nitrogens with one attached hydrogen (secondary N) is 1. The normalized spacial score (nSPS) is 23.6. The van der Waals surface area contributed by atoms with E-state index in [1.165, 1.54) is 32.1 Å². The Morgan fingerprint density at radius 2 is 1.95 bits per heavy atom. The Balaban J connectivity index is 2.18. The Kier molecular flexibility index (Phi) is 4.90. The van der Waals surface area contributed by atoms with Gasteiger partial charge in [-0.05, 0) is 18.8 Å². The highest BCUT2D eigenvalue weighted by Crippen LogP contribution is 2.30. The number of rotatable bonds is 3. The van der Waals surface area contributed by atoms with E-state index in [0.717, 1.165) is 17.6 Å². The minimum absolute atomic E-state index is 0.0853. The largest absolute Gasteiger partial charge is 0.367 e. The molecule has 20 heavy (non-hydrogen) atoms. The maximum atomic E-state index is 6.15. The molecule has 1 aliphatic rings. The first kappa shape index (κ1) is 15.6. The van der Waals surface area contributed by atoms with Gasteiger partial charge in [-0.25, -0.2) is 9.97 Å². The third kappa shape index (κ3) is 3.85. The first-order chi connectivity index (χ1) is 9.40. The predicted molar refractivity (Wildman–Crippen MR) is 85.4 cm³/mol. The van der Waals surface area contributed by atoms with Gasteiger partial charge in [-0.2, -0.15) is 0 Å². The third-order valence-electron chi connectivity index (χ3n) is 4.13. The minimum Gasteiger partial charge on any atom is -0.367 e. The van der Waals surface area contributed by atoms with Crippen LogP contribution in [0.1, 0.15) is 65.6 Å². The van der Waals surface area contributed by atoms with E-state index in [0.29, 0.717) is 11.2 Å². The SMILES string of the molecule is CCC1CCCCC1Nc1cc(Cl)nc(C(C)(C)C)n1. The van der Waals surface area contributed by atoms with Gasteiger partial charge in [0.15, 0.2) is 0 Å². The first-order valence-electron chi connectivity index (χ1n) is 7.71. The molecule has 1 fully saturated rings. The molecular formula is C16H26ClN3. The molecule has 3 nitrogen and oxygen atoms in total. The summed E-state index contributed by atoms with van der Waals surface area (Å²) in [5.41, 5.74) is -0.0853. The average Bonchev–Trinajstić information content (AvgIpc) is 2.37. The molecule has 0 amide bonds. The van der Waals surface area contributed by atoms with Gasteiger partial charge in [-0.15, -0.1) is 0 Å². The van der Waals surface area contributed by atoms with Gasteiger partial charge in [-0.1, -0.05) is 58.6 Å². The second kappa shape index (κ2) is 6.30. The van der Waals surface area contributed by atoms with Crippen LogP contribution in [-0.2, 0) is 5.41 Å². The van der Waals surface area contributed by atoms with Crippen LogP contribution in [0.15, 0.2) is 6.07 Å². The van der Waals surface area contributed by atoms with Gasteiger partial charge >= 0.3 is 0 Å². The Morgan fingerprint density at radius 1 is 1.25 bits per heavy atom. The number of hydrogen-bond donors (Lipinski definition) is 1. The fraction of sp³-hybridized carbons (Fsp3) is 0.750. The molecule has 2 unspecified atom stereocenters. The molecule has 0 aliphatic heterocycles. The molecule has 1 saturated carbocycles. The smallest absolute Gasteiger partial charge is 0.137 e. The Labute approximate surface area is 127 Å². The molecule has 2 atom stereocenters. The average molecular weight is 296 g/mol. The molecule has 1 aromatic rings. The summed E-state index contributed by atoms with van der Waals surface area (Å²) < 4.78 is 0. The summed E-state index contributed by atoms with van der Waals surface area (Å²) in [6, 6.07) is 2.37. The number of halogens is 1. The minimum atomic E-state index is -0.0853. The maximum Gasteiger partial charge on any atom is 0.137 e. The van der Waals surface area contributed by atoms with E-state index in [2.05, 4.69) is 43.0 Å². The lowest BCUT2D eigenvalue weighted by Crippen LogP contribution is -2.32. The van der Waals surface area contributed by atoms with Crippen LogP contribution < -0.4 is 5.32 Å². The fourth-order valence-electron chi connectivity index (χ4n) is 2.90. The molecule has 0 bridgehead atoms. The summed E-state index contributed by atoms with van der Waals surface area (Å²) in [5.74, 6) is 2.42. The van der Waals surface area contributed by atoms with Gasteiger partial charge in [0, 0.05) is 17.5 Å². The van der Waals surface area contributed by atoms with Gasteiger partial charge < -0.3 is 5.32 Å². The van der Waals surface area contributed by atoms with Crippen molar-refractivity contribution in [2.75, 3.05) is 5.32 Å². The number of anilines is 1. The predicted octanol–water partition coefficient (Wildman–Crippen LogP) is 4.81. The van der Waals surface area contributed by atoms with Crippen molar-refractivity contribution in [3.8, 4) is 0 Å². The standard InChI is InChI=1S/C16H26ClN3/c1-5-11-8-6-7-9-12(11)18-14-10-13(17)19-15(20-14)16(2,3)4/h10-12H,5-9H2,1-4H3,(H,18,19,20). The summed E-state index contributed by atoms with van der Waals surface area (Å²) in [5, 5.41) is 4.12. The van der Waals surface area contributed by atoms with Crippen molar-refractivity contribution in [3.05, 3.63) is 17.0 Å². The van der Waals surface area contributed by atoms with E-state index >= 15 is 0 Å². The zero-order chi connectivity index (χ0) is 14.8. The van der Waals surface area contributed by atoms with E-state index in [4.69, 9.17) is 11.6 Å². The van der Waals surface area contributed by atoms with Crippen molar-refractivity contribution in [1.29, 1.82) is 0 Å². The lowest BCUT2D eigenvalue weighted by molar-refractivity contribution is 0.316. The molecule has 1 aliphatic carbocycles. The van der Waals surface area contributed by atoms with Crippen LogP contribution in [-0.4, -0.2) is 16.0 Å². The first-order valence-corrected chi connectivity index (χ1v) is 8.09. The molecule has 0 aromatic carbocycles. The van der Waals surface area contributed by atoms with Crippen LogP contribution in [0.5, 0.6) is 0 Å². The topological polar surface area (TPSA) is 37.8 Å². The fourth-order valence-corrected chi connectivity index (χ4v) is 3.09. The van der Waals surface area contributed by atoms with Gasteiger partial charge in [0.2, 0.25) is 0 Å². The van der Waals surface area contributed by atoms with E-state index in [9.17, 15) is 0 Å². The summed E-state index contributed by atoms with van der Waals surface area (Å²) in [6.45, 7) is 8.60. The molecule has 0 spiro atoms. The highest BCUT2D eigenvalue weighted by Gasteiger charge is 2.25. The van der Waals surface area contributed by atoms with Crippen LogP contribution in [0.2, 0.25) is 5.15 Å². The van der Waals surface area contributed by atoms with Crippen molar-refractivity contribution in [2.24, 2.45) is 5.92 Å². The highest BCUT2D eigenvalue weighted by molar-refractivity contribution is 6.29. The monoisotopic (exact) mass is 295 g/mol. The molecule has 0 radical (unpaired) electrons. The third-order valence-corrected chi connectivity index (χ3v) is 4.33. The molecule has 1 aromatic heterocycles. The highest BCUT2D eigenvalue weighted by atomic mass is 35.5. The molecule has 1 heterocycles. The van der Waals surface area contributed by atoms with Gasteiger partial charge in [-0.3, -0.25) is 0 Å².